The predicted octanol–water partition coefficient (Wildman–Crippen LogP) is 4.40. The van der Waals surface area contributed by atoms with E-state index in [0.29, 0.717) is 30.7 Å². The molecule has 1 aliphatic carbocycles. The van der Waals surface area contributed by atoms with E-state index in [9.17, 15) is 4.79 Å². The number of amides is 1. The summed E-state index contributed by atoms with van der Waals surface area (Å²) in [6.45, 7) is 7.62. The summed E-state index contributed by atoms with van der Waals surface area (Å²) in [5.74, 6) is 1.75. The molecule has 0 aromatic carbocycles. The highest BCUT2D eigenvalue weighted by molar-refractivity contribution is 7.99. The third-order valence-corrected chi connectivity index (χ3v) is 7.16. The Kier molecular flexibility index (Phi) is 7.69. The number of piperidine rings is 1. The fraction of sp³-hybridized carbons (Fsp3) is 0.739. The normalized spacial score (nSPS) is 18.1. The van der Waals surface area contributed by atoms with Gasteiger partial charge >= 0.3 is 0 Å². The minimum atomic E-state index is 0.169. The second-order valence-electron chi connectivity index (χ2n) is 9.21. The first-order valence-electron chi connectivity index (χ1n) is 12.0. The Morgan fingerprint density at radius 3 is 2.61 bits per heavy atom. The number of anilines is 1. The van der Waals surface area contributed by atoms with E-state index in [1.54, 1.807) is 11.8 Å². The average molecular weight is 445 g/mol. The number of nitrogens with one attached hydrogen (secondary N) is 1. The fourth-order valence-electron chi connectivity index (χ4n) is 4.72. The van der Waals surface area contributed by atoms with Crippen LogP contribution in [0.5, 0.6) is 0 Å². The van der Waals surface area contributed by atoms with Gasteiger partial charge in [-0.25, -0.2) is 14.6 Å². The molecular formula is C23H36N6OS. The summed E-state index contributed by atoms with van der Waals surface area (Å²) >= 11 is 1.69. The van der Waals surface area contributed by atoms with Gasteiger partial charge in [-0.15, -0.1) is 0 Å². The molecule has 2 fully saturated rings. The van der Waals surface area contributed by atoms with Crippen molar-refractivity contribution in [2.24, 2.45) is 5.92 Å². The van der Waals surface area contributed by atoms with Crippen LogP contribution in [0.1, 0.15) is 71.6 Å². The molecule has 170 valence electrons. The summed E-state index contributed by atoms with van der Waals surface area (Å²) in [7, 11) is 0. The topological polar surface area (TPSA) is 75.9 Å². The molecule has 0 spiro atoms. The number of aromatic nitrogens is 4. The van der Waals surface area contributed by atoms with E-state index in [0.717, 1.165) is 35.1 Å². The first-order valence-corrected chi connectivity index (χ1v) is 12.9. The van der Waals surface area contributed by atoms with E-state index in [1.807, 2.05) is 10.9 Å². The van der Waals surface area contributed by atoms with Crippen LogP contribution in [-0.4, -0.2) is 50.5 Å². The second kappa shape index (κ2) is 10.7. The summed E-state index contributed by atoms with van der Waals surface area (Å²) < 4.78 is 1.93. The molecule has 1 aliphatic heterocycles. The molecule has 4 rings (SSSR count). The van der Waals surface area contributed by atoms with Crippen molar-refractivity contribution in [1.82, 2.24) is 25.1 Å². The van der Waals surface area contributed by atoms with E-state index in [4.69, 9.17) is 9.97 Å². The lowest BCUT2D eigenvalue weighted by molar-refractivity contribution is -0.122. The number of carbonyl (C=O) groups is 1. The lowest BCUT2D eigenvalue weighted by Gasteiger charge is -2.28. The van der Waals surface area contributed by atoms with Gasteiger partial charge in [0, 0.05) is 31.3 Å². The maximum Gasteiger partial charge on any atom is 0.220 e. The third kappa shape index (κ3) is 5.90. The standard InChI is InChI=1S/C23H36N6OS/c1-17(2)31-23-26-21(28-12-7-4-8-13-28)19-16-25-29(22(19)27-23)14-11-24-20(30)15-18-9-5-3-6-10-18/h16-18H,3-15H2,1-2H3,(H,24,30). The smallest absolute Gasteiger partial charge is 0.220 e. The van der Waals surface area contributed by atoms with Crippen molar-refractivity contribution in [3.05, 3.63) is 6.20 Å². The Morgan fingerprint density at radius 1 is 1.13 bits per heavy atom. The van der Waals surface area contributed by atoms with Gasteiger partial charge in [0.2, 0.25) is 5.91 Å². The Balaban J connectivity index is 1.45. The van der Waals surface area contributed by atoms with E-state index in [2.05, 4.69) is 29.2 Å². The van der Waals surface area contributed by atoms with Gasteiger partial charge in [0.15, 0.2) is 10.8 Å². The van der Waals surface area contributed by atoms with Gasteiger partial charge in [0.05, 0.1) is 18.1 Å². The van der Waals surface area contributed by atoms with Crippen molar-refractivity contribution in [2.75, 3.05) is 24.5 Å². The fourth-order valence-corrected chi connectivity index (χ4v) is 5.42. The zero-order valence-electron chi connectivity index (χ0n) is 19.0. The molecule has 0 radical (unpaired) electrons. The Morgan fingerprint density at radius 2 is 1.87 bits per heavy atom. The van der Waals surface area contributed by atoms with E-state index < -0.39 is 0 Å². The minimum Gasteiger partial charge on any atom is -0.356 e. The number of nitrogens with zero attached hydrogens (tertiary/aromatic N) is 5. The van der Waals surface area contributed by atoms with E-state index in [-0.39, 0.29) is 5.91 Å². The van der Waals surface area contributed by atoms with Crippen LogP contribution in [0.25, 0.3) is 11.0 Å². The molecule has 2 aromatic rings. The molecule has 1 saturated carbocycles. The number of hydrogen-bond acceptors (Lipinski definition) is 6. The number of rotatable bonds is 8. The van der Waals surface area contributed by atoms with Crippen molar-refractivity contribution >= 4 is 34.5 Å². The van der Waals surface area contributed by atoms with Crippen molar-refractivity contribution in [3.8, 4) is 0 Å². The lowest BCUT2D eigenvalue weighted by Crippen LogP contribution is -2.30. The zero-order valence-corrected chi connectivity index (χ0v) is 19.8. The van der Waals surface area contributed by atoms with Gasteiger partial charge in [-0.2, -0.15) is 5.10 Å². The quantitative estimate of drug-likeness (QED) is 0.480. The van der Waals surface area contributed by atoms with Crippen molar-refractivity contribution < 1.29 is 4.79 Å². The van der Waals surface area contributed by atoms with E-state index >= 15 is 0 Å². The molecule has 7 nitrogen and oxygen atoms in total. The van der Waals surface area contributed by atoms with Gasteiger partial charge in [0.1, 0.15) is 5.82 Å². The average Bonchev–Trinajstić information content (AvgIpc) is 3.17. The van der Waals surface area contributed by atoms with Crippen LogP contribution in [0.4, 0.5) is 5.82 Å². The van der Waals surface area contributed by atoms with Crippen LogP contribution >= 0.6 is 11.8 Å². The SMILES string of the molecule is CC(C)Sc1nc(N2CCCCC2)c2cnn(CCNC(=O)CC3CCCCC3)c2n1. The molecule has 1 amide bonds. The molecule has 8 heteroatoms. The molecule has 0 atom stereocenters. The number of carbonyl (C=O) groups excluding carboxylic acids is 1. The van der Waals surface area contributed by atoms with Gasteiger partial charge < -0.3 is 10.2 Å². The number of fused-ring (bicyclic) bond motifs is 1. The van der Waals surface area contributed by atoms with Crippen molar-refractivity contribution in [1.29, 1.82) is 0 Å². The highest BCUT2D eigenvalue weighted by Crippen LogP contribution is 2.30. The highest BCUT2D eigenvalue weighted by Gasteiger charge is 2.21. The molecule has 2 aromatic heterocycles. The molecule has 2 aliphatic rings. The van der Waals surface area contributed by atoms with E-state index in [1.165, 1.54) is 51.4 Å². The largest absolute Gasteiger partial charge is 0.356 e. The highest BCUT2D eigenvalue weighted by atomic mass is 32.2. The summed E-state index contributed by atoms with van der Waals surface area (Å²) in [5.41, 5.74) is 0.875. The van der Waals surface area contributed by atoms with Crippen LogP contribution in [0.15, 0.2) is 11.4 Å². The summed E-state index contributed by atoms with van der Waals surface area (Å²) in [6.07, 6.45) is 12.5. The molecule has 3 heterocycles. The minimum absolute atomic E-state index is 0.169. The lowest BCUT2D eigenvalue weighted by atomic mass is 9.87. The van der Waals surface area contributed by atoms with Crippen molar-refractivity contribution in [3.63, 3.8) is 0 Å². The molecule has 1 saturated heterocycles. The summed E-state index contributed by atoms with van der Waals surface area (Å²) in [5, 5.41) is 9.96. The molecule has 31 heavy (non-hydrogen) atoms. The van der Waals surface area contributed by atoms with Gasteiger partial charge in [0.25, 0.3) is 0 Å². The number of hydrogen-bond donors (Lipinski definition) is 1. The first-order chi connectivity index (χ1) is 15.1. The van der Waals surface area contributed by atoms with Crippen LogP contribution < -0.4 is 10.2 Å². The zero-order chi connectivity index (χ0) is 21.6. The van der Waals surface area contributed by atoms with Crippen LogP contribution in [0, 0.1) is 5.92 Å². The Bertz CT molecular complexity index is 870. The first kappa shape index (κ1) is 22.4. The molecule has 0 bridgehead atoms. The van der Waals surface area contributed by atoms with Crippen LogP contribution in [0.3, 0.4) is 0 Å². The molecule has 0 unspecified atom stereocenters. The van der Waals surface area contributed by atoms with Crippen molar-refractivity contribution in [2.45, 2.75) is 88.6 Å². The van der Waals surface area contributed by atoms with Gasteiger partial charge in [-0.05, 0) is 38.0 Å². The van der Waals surface area contributed by atoms with Gasteiger partial charge in [-0.3, -0.25) is 4.79 Å². The number of thioether (sulfide) groups is 1. The molecule has 1 N–H and O–H groups in total. The summed E-state index contributed by atoms with van der Waals surface area (Å²) in [4.78, 5) is 24.5. The Labute approximate surface area is 189 Å². The predicted molar refractivity (Wildman–Crippen MR) is 127 cm³/mol. The second-order valence-corrected chi connectivity index (χ2v) is 10.8. The van der Waals surface area contributed by atoms with Gasteiger partial charge in [-0.1, -0.05) is 44.9 Å². The van der Waals surface area contributed by atoms with Crippen LogP contribution in [0.2, 0.25) is 0 Å². The maximum atomic E-state index is 12.4. The molecular weight excluding hydrogens is 408 g/mol. The Hall–Kier alpha value is -1.83. The monoisotopic (exact) mass is 444 g/mol. The summed E-state index contributed by atoms with van der Waals surface area (Å²) in [6, 6.07) is 0. The third-order valence-electron chi connectivity index (χ3n) is 6.30. The van der Waals surface area contributed by atoms with Crippen LogP contribution in [-0.2, 0) is 11.3 Å². The maximum absolute atomic E-state index is 12.4.